The highest BCUT2D eigenvalue weighted by atomic mass is 79.9. The summed E-state index contributed by atoms with van der Waals surface area (Å²) in [5.41, 5.74) is 3.48. The third-order valence-corrected chi connectivity index (χ3v) is 4.55. The first kappa shape index (κ1) is 14.4. The van der Waals surface area contributed by atoms with E-state index in [-0.39, 0.29) is 0 Å². The number of rotatable bonds is 3. The van der Waals surface area contributed by atoms with Gasteiger partial charge in [0.15, 0.2) is 0 Å². The van der Waals surface area contributed by atoms with Crippen LogP contribution in [0.5, 0.6) is 0 Å². The van der Waals surface area contributed by atoms with E-state index in [1.54, 1.807) is 0 Å². The largest absolute Gasteiger partial charge is 0.342 e. The average Bonchev–Trinajstić information content (AvgIpc) is 2.41. The first-order valence-corrected chi connectivity index (χ1v) is 7.62. The van der Waals surface area contributed by atoms with Crippen LogP contribution in [0.3, 0.4) is 0 Å². The molecule has 19 heavy (non-hydrogen) atoms. The second kappa shape index (κ2) is 5.97. The van der Waals surface area contributed by atoms with Gasteiger partial charge in [-0.1, -0.05) is 57.3 Å². The van der Waals surface area contributed by atoms with Crippen molar-refractivity contribution in [2.45, 2.75) is 33.1 Å². The molecule has 0 amide bonds. The Balaban J connectivity index is 2.47. The predicted molar refractivity (Wildman–Crippen MR) is 86.0 cm³/mol. The van der Waals surface area contributed by atoms with E-state index in [0.717, 1.165) is 28.0 Å². The van der Waals surface area contributed by atoms with Gasteiger partial charge in [0.25, 0.3) is 0 Å². The molecule has 0 saturated carbocycles. The van der Waals surface area contributed by atoms with Crippen LogP contribution in [-0.4, -0.2) is 9.97 Å². The van der Waals surface area contributed by atoms with E-state index < -0.39 is 0 Å². The fourth-order valence-corrected chi connectivity index (χ4v) is 2.59. The van der Waals surface area contributed by atoms with Gasteiger partial charge in [-0.05, 0) is 33.8 Å². The van der Waals surface area contributed by atoms with Gasteiger partial charge in [-0.25, -0.2) is 4.98 Å². The molecule has 4 heteroatoms. The average molecular weight is 337 g/mol. The highest BCUT2D eigenvalue weighted by Gasteiger charge is 2.07. The normalized spacial score (nSPS) is 11.0. The van der Waals surface area contributed by atoms with Crippen LogP contribution in [0.2, 0.25) is 0 Å². The Morgan fingerprint density at radius 3 is 2.42 bits per heavy atom. The summed E-state index contributed by atoms with van der Waals surface area (Å²) in [5.74, 6) is 1.37. The predicted octanol–water partition coefficient (Wildman–Crippen LogP) is 5.25. The maximum atomic E-state index is 5.28. The minimum Gasteiger partial charge on any atom is -0.342 e. The summed E-state index contributed by atoms with van der Waals surface area (Å²) in [6, 6.07) is 8.48. The first-order valence-electron chi connectivity index (χ1n) is 6.42. The van der Waals surface area contributed by atoms with Gasteiger partial charge >= 0.3 is 0 Å². The van der Waals surface area contributed by atoms with Crippen molar-refractivity contribution in [2.24, 2.45) is 0 Å². The molecule has 1 N–H and O–H groups in total. The van der Waals surface area contributed by atoms with Gasteiger partial charge < -0.3 is 4.98 Å². The highest BCUT2D eigenvalue weighted by Crippen LogP contribution is 2.23. The smallest absolute Gasteiger partial charge is 0.144 e. The van der Waals surface area contributed by atoms with Crippen molar-refractivity contribution < 1.29 is 0 Å². The van der Waals surface area contributed by atoms with E-state index >= 15 is 0 Å². The molecule has 0 aliphatic rings. The van der Waals surface area contributed by atoms with Crippen molar-refractivity contribution in [3.63, 3.8) is 0 Å². The molecule has 1 aromatic carbocycles. The summed E-state index contributed by atoms with van der Waals surface area (Å²) in [4.78, 5) is 7.78. The quantitative estimate of drug-likeness (QED) is 0.775. The van der Waals surface area contributed by atoms with E-state index in [0.29, 0.717) is 10.6 Å². The molecule has 0 unspecified atom stereocenters. The van der Waals surface area contributed by atoms with Crippen molar-refractivity contribution in [3.8, 4) is 11.4 Å². The summed E-state index contributed by atoms with van der Waals surface area (Å²) in [7, 11) is 0. The lowest BCUT2D eigenvalue weighted by atomic mass is 10.0. The zero-order valence-corrected chi connectivity index (χ0v) is 13.7. The number of H-pyrrole nitrogens is 1. The van der Waals surface area contributed by atoms with Gasteiger partial charge in [0.05, 0.1) is 4.47 Å². The molecule has 100 valence electrons. The Hall–Kier alpha value is -1.00. The monoisotopic (exact) mass is 336 g/mol. The Morgan fingerprint density at radius 2 is 1.89 bits per heavy atom. The molecule has 0 spiro atoms. The Labute approximate surface area is 127 Å². The van der Waals surface area contributed by atoms with Gasteiger partial charge in [-0.15, -0.1) is 0 Å². The van der Waals surface area contributed by atoms with E-state index in [4.69, 9.17) is 12.2 Å². The number of benzene rings is 1. The molecule has 0 bridgehead atoms. The van der Waals surface area contributed by atoms with Crippen LogP contribution in [0, 0.1) is 4.64 Å². The van der Waals surface area contributed by atoms with Crippen molar-refractivity contribution >= 4 is 28.1 Å². The Bertz CT molecular complexity index is 630. The van der Waals surface area contributed by atoms with Crippen LogP contribution in [0.15, 0.2) is 28.7 Å². The first-order chi connectivity index (χ1) is 9.02. The molecule has 0 atom stereocenters. The number of aromatic amines is 1. The molecule has 1 heterocycles. The van der Waals surface area contributed by atoms with E-state index in [9.17, 15) is 0 Å². The van der Waals surface area contributed by atoms with Gasteiger partial charge in [-0.2, -0.15) is 0 Å². The number of nitrogens with one attached hydrogen (secondary N) is 1. The summed E-state index contributed by atoms with van der Waals surface area (Å²) < 4.78 is 1.51. The van der Waals surface area contributed by atoms with Gasteiger partial charge in [-0.3, -0.25) is 0 Å². The molecule has 0 aliphatic carbocycles. The van der Waals surface area contributed by atoms with E-state index in [1.807, 2.05) is 0 Å². The van der Waals surface area contributed by atoms with Gasteiger partial charge in [0, 0.05) is 11.3 Å². The van der Waals surface area contributed by atoms with Crippen molar-refractivity contribution in [1.82, 2.24) is 9.97 Å². The zero-order chi connectivity index (χ0) is 14.0. The van der Waals surface area contributed by atoms with Crippen molar-refractivity contribution in [2.75, 3.05) is 0 Å². The van der Waals surface area contributed by atoms with Crippen LogP contribution < -0.4 is 0 Å². The van der Waals surface area contributed by atoms with Crippen molar-refractivity contribution in [3.05, 3.63) is 44.6 Å². The van der Waals surface area contributed by atoms with Gasteiger partial charge in [0.2, 0.25) is 0 Å². The minimum atomic E-state index is 0.539. The number of aromatic nitrogens is 2. The van der Waals surface area contributed by atoms with Crippen LogP contribution >= 0.6 is 28.1 Å². The molecule has 0 aliphatic heterocycles. The minimum absolute atomic E-state index is 0.539. The van der Waals surface area contributed by atoms with Crippen LogP contribution in [-0.2, 0) is 6.42 Å². The standard InChI is InChI=1S/C15H17BrN2S/c1-4-12-13(16)15(19)18-14(17-12)11-7-5-10(6-8-11)9(2)3/h5-9H,4H2,1-3H3,(H,17,18,19). The molecule has 1 aromatic heterocycles. The third kappa shape index (κ3) is 3.12. The lowest BCUT2D eigenvalue weighted by Crippen LogP contribution is -1.97. The number of hydrogen-bond donors (Lipinski definition) is 1. The number of hydrogen-bond acceptors (Lipinski definition) is 2. The lowest BCUT2D eigenvalue weighted by Gasteiger charge is -2.09. The van der Waals surface area contributed by atoms with Crippen LogP contribution in [0.25, 0.3) is 11.4 Å². The second-order valence-corrected chi connectivity index (χ2v) is 5.99. The van der Waals surface area contributed by atoms with Crippen LogP contribution in [0.4, 0.5) is 0 Å². The topological polar surface area (TPSA) is 28.7 Å². The summed E-state index contributed by atoms with van der Waals surface area (Å²) in [5, 5.41) is 0. The molecule has 2 rings (SSSR count). The molecule has 0 saturated heterocycles. The maximum absolute atomic E-state index is 5.28. The third-order valence-electron chi connectivity index (χ3n) is 3.14. The Kier molecular flexibility index (Phi) is 4.53. The fraction of sp³-hybridized carbons (Fsp3) is 0.333. The van der Waals surface area contributed by atoms with Crippen molar-refractivity contribution in [1.29, 1.82) is 0 Å². The molecule has 0 radical (unpaired) electrons. The molecular formula is C15H17BrN2S. The highest BCUT2D eigenvalue weighted by molar-refractivity contribution is 9.10. The number of halogens is 1. The number of aryl methyl sites for hydroxylation is 1. The SMILES string of the molecule is CCc1[nH]c(-c2ccc(C(C)C)cc2)nc(=S)c1Br. The zero-order valence-electron chi connectivity index (χ0n) is 11.3. The summed E-state index contributed by atoms with van der Waals surface area (Å²) >= 11 is 8.76. The molecular weight excluding hydrogens is 320 g/mol. The fourth-order valence-electron chi connectivity index (χ4n) is 1.91. The van der Waals surface area contributed by atoms with Crippen LogP contribution in [0.1, 0.15) is 37.9 Å². The molecule has 2 aromatic rings. The molecule has 2 nitrogen and oxygen atoms in total. The summed E-state index contributed by atoms with van der Waals surface area (Å²) in [6.07, 6.45) is 0.893. The maximum Gasteiger partial charge on any atom is 0.144 e. The Morgan fingerprint density at radius 1 is 1.26 bits per heavy atom. The van der Waals surface area contributed by atoms with E-state index in [1.165, 1.54) is 5.56 Å². The second-order valence-electron chi connectivity index (χ2n) is 4.81. The van der Waals surface area contributed by atoms with Gasteiger partial charge in [0.1, 0.15) is 10.5 Å². The summed E-state index contributed by atoms with van der Waals surface area (Å²) in [6.45, 7) is 6.47. The number of nitrogens with zero attached hydrogens (tertiary/aromatic N) is 1. The lowest BCUT2D eigenvalue weighted by molar-refractivity contribution is 0.866. The molecule has 0 fully saturated rings. The van der Waals surface area contributed by atoms with E-state index in [2.05, 4.69) is 70.9 Å².